The minimum atomic E-state index is 0.609. The lowest BCUT2D eigenvalue weighted by molar-refractivity contribution is 0.426. The lowest BCUT2D eigenvalue weighted by Crippen LogP contribution is -1.76. The number of hydrogen-bond donors (Lipinski definition) is 0. The number of rotatable bonds is 1. The topological polar surface area (TPSA) is 38.9 Å². The molecule has 0 aromatic carbocycles. The average molecular weight is 292 g/mol. The molecule has 0 atom stereocenters. The van der Waals surface area contributed by atoms with Gasteiger partial charge in [0.25, 0.3) is 5.89 Å². The summed E-state index contributed by atoms with van der Waals surface area (Å²) >= 11 is 3.66. The number of hydrogen-bond acceptors (Lipinski definition) is 4. The van der Waals surface area contributed by atoms with Crippen LogP contribution in [-0.4, -0.2) is 10.1 Å². The fourth-order valence-corrected chi connectivity index (χ4v) is 2.03. The molecule has 0 saturated carbocycles. The normalized spacial score (nSPS) is 10.5. The van der Waals surface area contributed by atoms with Crippen LogP contribution in [0.15, 0.2) is 15.3 Å². The van der Waals surface area contributed by atoms with Gasteiger partial charge in [0.05, 0.1) is 5.56 Å². The molecule has 0 fully saturated rings. The van der Waals surface area contributed by atoms with Crippen molar-refractivity contribution in [1.82, 2.24) is 10.1 Å². The zero-order valence-electron chi connectivity index (χ0n) is 6.24. The third-order valence-electron chi connectivity index (χ3n) is 1.49. The monoisotopic (exact) mass is 292 g/mol. The van der Waals surface area contributed by atoms with E-state index in [1.54, 1.807) is 11.3 Å². The molecular formula is C7H5IN2OS. The van der Waals surface area contributed by atoms with Crippen molar-refractivity contribution in [2.45, 2.75) is 6.92 Å². The molecule has 0 N–H and O–H groups in total. The quantitative estimate of drug-likeness (QED) is 0.759. The van der Waals surface area contributed by atoms with Gasteiger partial charge in [-0.3, -0.25) is 0 Å². The minimum absolute atomic E-state index is 0.609. The summed E-state index contributed by atoms with van der Waals surface area (Å²) in [6.07, 6.45) is 0. The highest BCUT2D eigenvalue weighted by atomic mass is 127. The Hall–Kier alpha value is -0.430. The van der Waals surface area contributed by atoms with Crippen molar-refractivity contribution in [3.63, 3.8) is 0 Å². The van der Waals surface area contributed by atoms with Crippen LogP contribution in [0.3, 0.4) is 0 Å². The van der Waals surface area contributed by atoms with Crippen LogP contribution in [0.4, 0.5) is 0 Å². The zero-order valence-corrected chi connectivity index (χ0v) is 9.22. The second-order valence-electron chi connectivity index (χ2n) is 2.34. The summed E-state index contributed by atoms with van der Waals surface area (Å²) < 4.78 is 5.67. The molecule has 0 saturated heterocycles. The van der Waals surface area contributed by atoms with Crippen LogP contribution >= 0.6 is 33.9 Å². The molecule has 0 bridgehead atoms. The van der Waals surface area contributed by atoms with Crippen LogP contribution in [0, 0.1) is 10.8 Å². The Morgan fingerprint density at radius 2 is 2.33 bits per heavy atom. The van der Waals surface area contributed by atoms with Gasteiger partial charge < -0.3 is 4.52 Å². The standard InChI is InChI=1S/C7H5IN2OS/c1-4-2-12-3-5(4)6-9-7(8)10-11-6/h2-3H,1H3. The van der Waals surface area contributed by atoms with Gasteiger partial charge in [0.15, 0.2) is 0 Å². The molecule has 0 amide bonds. The summed E-state index contributed by atoms with van der Waals surface area (Å²) in [6.45, 7) is 2.03. The third-order valence-corrected chi connectivity index (χ3v) is 2.79. The molecule has 62 valence electrons. The van der Waals surface area contributed by atoms with Crippen LogP contribution < -0.4 is 0 Å². The first-order chi connectivity index (χ1) is 5.77. The van der Waals surface area contributed by atoms with E-state index >= 15 is 0 Å². The summed E-state index contributed by atoms with van der Waals surface area (Å²) in [5.41, 5.74) is 2.22. The van der Waals surface area contributed by atoms with Gasteiger partial charge in [-0.15, -0.1) is 0 Å². The first kappa shape index (κ1) is 8.18. The molecule has 2 heterocycles. The molecule has 2 aromatic rings. The highest BCUT2D eigenvalue weighted by molar-refractivity contribution is 14.1. The lowest BCUT2D eigenvalue weighted by Gasteiger charge is -1.88. The predicted molar refractivity (Wildman–Crippen MR) is 55.1 cm³/mol. The first-order valence-corrected chi connectivity index (χ1v) is 5.32. The van der Waals surface area contributed by atoms with E-state index in [-0.39, 0.29) is 0 Å². The van der Waals surface area contributed by atoms with E-state index < -0.39 is 0 Å². The summed E-state index contributed by atoms with van der Waals surface area (Å²) in [5.74, 6) is 0.609. The minimum Gasteiger partial charge on any atom is -0.333 e. The molecular weight excluding hydrogens is 287 g/mol. The maximum Gasteiger partial charge on any atom is 0.259 e. The first-order valence-electron chi connectivity index (χ1n) is 3.30. The number of halogens is 1. The van der Waals surface area contributed by atoms with E-state index in [4.69, 9.17) is 4.52 Å². The summed E-state index contributed by atoms with van der Waals surface area (Å²) in [6, 6.07) is 0. The van der Waals surface area contributed by atoms with Gasteiger partial charge in [-0.2, -0.15) is 16.3 Å². The van der Waals surface area contributed by atoms with Gasteiger partial charge >= 0.3 is 0 Å². The molecule has 2 aromatic heterocycles. The highest BCUT2D eigenvalue weighted by Crippen LogP contribution is 2.25. The maximum absolute atomic E-state index is 5.03. The second kappa shape index (κ2) is 3.14. The fourth-order valence-electron chi connectivity index (χ4n) is 0.895. The van der Waals surface area contributed by atoms with Crippen molar-refractivity contribution in [3.8, 4) is 11.5 Å². The van der Waals surface area contributed by atoms with Gasteiger partial charge in [0, 0.05) is 28.0 Å². The maximum atomic E-state index is 5.03. The van der Waals surface area contributed by atoms with E-state index in [9.17, 15) is 0 Å². The van der Waals surface area contributed by atoms with Crippen molar-refractivity contribution < 1.29 is 4.52 Å². The van der Waals surface area contributed by atoms with Gasteiger partial charge in [0.2, 0.25) is 3.83 Å². The number of aryl methyl sites for hydroxylation is 1. The van der Waals surface area contributed by atoms with E-state index in [0.29, 0.717) is 9.72 Å². The zero-order chi connectivity index (χ0) is 8.55. The van der Waals surface area contributed by atoms with Crippen molar-refractivity contribution in [2.24, 2.45) is 0 Å². The van der Waals surface area contributed by atoms with Gasteiger partial charge in [-0.05, 0) is 17.9 Å². The van der Waals surface area contributed by atoms with Crippen LogP contribution in [0.1, 0.15) is 5.56 Å². The van der Waals surface area contributed by atoms with Crippen LogP contribution in [0.5, 0.6) is 0 Å². The van der Waals surface area contributed by atoms with Crippen LogP contribution in [0.2, 0.25) is 0 Å². The number of nitrogens with zero attached hydrogens (tertiary/aromatic N) is 2. The van der Waals surface area contributed by atoms with Crippen molar-refractivity contribution >= 4 is 33.9 Å². The predicted octanol–water partition coefficient (Wildman–Crippen LogP) is 2.71. The highest BCUT2D eigenvalue weighted by Gasteiger charge is 2.09. The molecule has 0 aliphatic rings. The molecule has 0 radical (unpaired) electrons. The largest absolute Gasteiger partial charge is 0.333 e. The molecule has 2 rings (SSSR count). The number of aromatic nitrogens is 2. The van der Waals surface area contributed by atoms with Crippen molar-refractivity contribution in [3.05, 3.63) is 20.2 Å². The fraction of sp³-hybridized carbons (Fsp3) is 0.143. The summed E-state index contributed by atoms with van der Waals surface area (Å²) in [4.78, 5) is 4.13. The molecule has 3 nitrogen and oxygen atoms in total. The summed E-state index contributed by atoms with van der Waals surface area (Å²) in [7, 11) is 0. The van der Waals surface area contributed by atoms with Crippen molar-refractivity contribution in [1.29, 1.82) is 0 Å². The Morgan fingerprint density at radius 3 is 2.83 bits per heavy atom. The Kier molecular flexibility index (Phi) is 2.14. The number of thiophene rings is 1. The Labute approximate surface area is 86.9 Å². The van der Waals surface area contributed by atoms with E-state index in [1.165, 1.54) is 5.56 Å². The third kappa shape index (κ3) is 1.38. The summed E-state index contributed by atoms with van der Waals surface area (Å²) in [5, 5.41) is 7.79. The van der Waals surface area contributed by atoms with Crippen LogP contribution in [-0.2, 0) is 0 Å². The van der Waals surface area contributed by atoms with Crippen LogP contribution in [0.25, 0.3) is 11.5 Å². The van der Waals surface area contributed by atoms with E-state index in [2.05, 4.69) is 15.5 Å². The lowest BCUT2D eigenvalue weighted by atomic mass is 10.2. The average Bonchev–Trinajstić information content (AvgIpc) is 2.58. The van der Waals surface area contributed by atoms with Crippen molar-refractivity contribution in [2.75, 3.05) is 0 Å². The SMILES string of the molecule is Cc1cscc1-c1nc(I)no1. The Bertz CT molecular complexity index is 396. The molecule has 0 aliphatic carbocycles. The molecule has 0 spiro atoms. The molecule has 5 heteroatoms. The van der Waals surface area contributed by atoms with Gasteiger partial charge in [0.1, 0.15) is 0 Å². The van der Waals surface area contributed by atoms with E-state index in [1.807, 2.05) is 34.9 Å². The van der Waals surface area contributed by atoms with E-state index in [0.717, 1.165) is 5.56 Å². The Balaban J connectivity index is 2.50. The molecule has 12 heavy (non-hydrogen) atoms. The van der Waals surface area contributed by atoms with Gasteiger partial charge in [-0.1, -0.05) is 5.16 Å². The van der Waals surface area contributed by atoms with Gasteiger partial charge in [-0.25, -0.2) is 0 Å². The smallest absolute Gasteiger partial charge is 0.259 e. The molecule has 0 aliphatic heterocycles. The molecule has 0 unspecified atom stereocenters. The second-order valence-corrected chi connectivity index (χ2v) is 4.05. The Morgan fingerprint density at radius 1 is 1.50 bits per heavy atom.